The summed E-state index contributed by atoms with van der Waals surface area (Å²) in [5, 5.41) is 15.1. The summed E-state index contributed by atoms with van der Waals surface area (Å²) in [6.07, 6.45) is 0. The van der Waals surface area contributed by atoms with Crippen molar-refractivity contribution in [3.8, 4) is 0 Å². The van der Waals surface area contributed by atoms with Gasteiger partial charge in [0.2, 0.25) is 0 Å². The molecule has 0 N–H and O–H groups in total. The molecule has 2 heterocycles. The summed E-state index contributed by atoms with van der Waals surface area (Å²) in [4.78, 5) is 27.5. The third-order valence-electron chi connectivity index (χ3n) is 3.72. The van der Waals surface area contributed by atoms with Crippen LogP contribution >= 0.6 is 11.3 Å². The Morgan fingerprint density at radius 2 is 2.17 bits per heavy atom. The smallest absolute Gasteiger partial charge is 0.300 e. The van der Waals surface area contributed by atoms with Crippen LogP contribution in [0.3, 0.4) is 0 Å². The summed E-state index contributed by atoms with van der Waals surface area (Å²) >= 11 is 1.32. The lowest BCUT2D eigenvalue weighted by Gasteiger charge is -1.99. The highest BCUT2D eigenvalue weighted by Crippen LogP contribution is 2.23. The van der Waals surface area contributed by atoms with Crippen molar-refractivity contribution in [2.75, 3.05) is 0 Å². The lowest BCUT2D eigenvalue weighted by molar-refractivity contribution is -0.384. The van der Waals surface area contributed by atoms with E-state index in [0.29, 0.717) is 16.9 Å². The van der Waals surface area contributed by atoms with E-state index in [9.17, 15) is 14.9 Å². The third kappa shape index (κ3) is 2.73. The Morgan fingerprint density at radius 3 is 2.75 bits per heavy atom. The Bertz CT molecular complexity index is 1010. The fraction of sp³-hybridized carbons (Fsp3) is 0.267. The molecule has 1 aromatic carbocycles. The molecule has 0 saturated heterocycles. The van der Waals surface area contributed by atoms with Crippen LogP contribution in [-0.2, 0) is 13.6 Å². The molecular formula is C15H15N5O3S. The number of thiazole rings is 1. The number of carbonyl (C=O) groups is 1. The summed E-state index contributed by atoms with van der Waals surface area (Å²) in [5.74, 6) is -0.429. The van der Waals surface area contributed by atoms with Crippen LogP contribution in [0.15, 0.2) is 29.3 Å². The molecule has 0 saturated carbocycles. The fourth-order valence-electron chi connectivity index (χ4n) is 2.37. The molecule has 0 fully saturated rings. The lowest BCUT2D eigenvalue weighted by Crippen LogP contribution is -2.16. The summed E-state index contributed by atoms with van der Waals surface area (Å²) in [5.41, 5.74) is 1.85. The van der Waals surface area contributed by atoms with Crippen molar-refractivity contribution in [2.24, 2.45) is 12.0 Å². The van der Waals surface area contributed by atoms with Gasteiger partial charge in [0, 0.05) is 31.4 Å². The average Bonchev–Trinajstić information content (AvgIpc) is 3.06. The van der Waals surface area contributed by atoms with Crippen molar-refractivity contribution in [1.82, 2.24) is 14.3 Å². The Labute approximate surface area is 140 Å². The topological polar surface area (TPSA) is 95.3 Å². The molecule has 0 spiro atoms. The van der Waals surface area contributed by atoms with Crippen molar-refractivity contribution in [1.29, 1.82) is 0 Å². The Hall–Kier alpha value is -2.81. The zero-order valence-electron chi connectivity index (χ0n) is 13.4. The van der Waals surface area contributed by atoms with Crippen molar-refractivity contribution < 1.29 is 9.72 Å². The maximum atomic E-state index is 12.3. The molecule has 0 bridgehead atoms. The highest BCUT2D eigenvalue weighted by atomic mass is 32.1. The minimum atomic E-state index is -0.435. The molecule has 2 aromatic heterocycles. The molecule has 0 aliphatic rings. The van der Waals surface area contributed by atoms with E-state index < -0.39 is 10.8 Å². The number of rotatable bonds is 3. The van der Waals surface area contributed by atoms with Gasteiger partial charge in [-0.25, -0.2) is 0 Å². The number of nitrogens with zero attached hydrogens (tertiary/aromatic N) is 5. The van der Waals surface area contributed by atoms with Gasteiger partial charge in [0.15, 0.2) is 10.5 Å². The molecule has 0 aliphatic heterocycles. The predicted molar refractivity (Wildman–Crippen MR) is 90.0 cm³/mol. The van der Waals surface area contributed by atoms with Gasteiger partial charge < -0.3 is 4.57 Å². The zero-order chi connectivity index (χ0) is 17.4. The molecule has 9 heteroatoms. The molecule has 0 unspecified atom stereocenters. The Balaban J connectivity index is 2.14. The number of hydrogen-bond acceptors (Lipinski definition) is 5. The number of nitro benzene ring substituents is 1. The first-order valence-corrected chi connectivity index (χ1v) is 8.10. The normalized spacial score (nSPS) is 12.0. The number of aryl methyl sites for hydroxylation is 3. The number of non-ortho nitro benzene ring substituents is 1. The number of carbonyl (C=O) groups excluding carboxylic acids is 1. The van der Waals surface area contributed by atoms with Gasteiger partial charge in [0.05, 0.1) is 15.1 Å². The van der Waals surface area contributed by atoms with Gasteiger partial charge in [0.25, 0.3) is 11.6 Å². The van der Waals surface area contributed by atoms with E-state index in [0.717, 1.165) is 10.4 Å². The molecule has 0 radical (unpaired) electrons. The van der Waals surface area contributed by atoms with E-state index in [1.165, 1.54) is 23.5 Å². The quantitative estimate of drug-likeness (QED) is 0.538. The van der Waals surface area contributed by atoms with Crippen LogP contribution in [-0.4, -0.2) is 25.2 Å². The number of hydrogen-bond donors (Lipinski definition) is 0. The van der Waals surface area contributed by atoms with Crippen LogP contribution in [0.2, 0.25) is 0 Å². The minimum absolute atomic E-state index is 0.0146. The summed E-state index contributed by atoms with van der Waals surface area (Å²) < 4.78 is 4.25. The molecule has 3 rings (SSSR count). The largest absolute Gasteiger partial charge is 0.316 e. The summed E-state index contributed by atoms with van der Waals surface area (Å²) in [6, 6.07) is 6.31. The lowest BCUT2D eigenvalue weighted by atomic mass is 10.3. The van der Waals surface area contributed by atoms with Crippen LogP contribution in [0.1, 0.15) is 23.1 Å². The molecule has 0 aliphatic carbocycles. The molecular weight excluding hydrogens is 330 g/mol. The van der Waals surface area contributed by atoms with Crippen molar-refractivity contribution in [3.05, 3.63) is 50.6 Å². The highest BCUT2D eigenvalue weighted by Gasteiger charge is 2.14. The van der Waals surface area contributed by atoms with Crippen LogP contribution in [0.5, 0.6) is 0 Å². The molecule has 8 nitrogen and oxygen atoms in total. The van der Waals surface area contributed by atoms with Gasteiger partial charge in [-0.15, -0.1) is 0 Å². The van der Waals surface area contributed by atoms with E-state index in [4.69, 9.17) is 0 Å². The first-order chi connectivity index (χ1) is 11.4. The first kappa shape index (κ1) is 16.1. The van der Waals surface area contributed by atoms with Crippen LogP contribution < -0.4 is 4.80 Å². The van der Waals surface area contributed by atoms with Gasteiger partial charge in [-0.2, -0.15) is 10.1 Å². The second-order valence-electron chi connectivity index (χ2n) is 5.25. The second kappa shape index (κ2) is 6.00. The number of fused-ring (bicyclic) bond motifs is 1. The molecule has 0 atom stereocenters. The maximum absolute atomic E-state index is 12.3. The van der Waals surface area contributed by atoms with Crippen LogP contribution in [0.25, 0.3) is 10.2 Å². The molecule has 1 amide bonds. The predicted octanol–water partition coefficient (Wildman–Crippen LogP) is 2.41. The van der Waals surface area contributed by atoms with E-state index in [1.54, 1.807) is 28.4 Å². The van der Waals surface area contributed by atoms with Crippen molar-refractivity contribution in [2.45, 2.75) is 20.4 Å². The van der Waals surface area contributed by atoms with Crippen molar-refractivity contribution in [3.63, 3.8) is 0 Å². The molecule has 24 heavy (non-hydrogen) atoms. The van der Waals surface area contributed by atoms with E-state index >= 15 is 0 Å². The van der Waals surface area contributed by atoms with Gasteiger partial charge in [0.1, 0.15) is 0 Å². The highest BCUT2D eigenvalue weighted by molar-refractivity contribution is 7.16. The monoisotopic (exact) mass is 345 g/mol. The SMILES string of the molecule is CCn1c(=NC(=O)c2cc(C)n(C)n2)sc2ccc([N+](=O)[O-])cc21. The Kier molecular flexibility index (Phi) is 4.02. The standard InChI is InChI=1S/C15H15N5O3S/c1-4-19-12-8-10(20(22)23)5-6-13(12)24-15(19)16-14(21)11-7-9(2)18(3)17-11/h5-8H,4H2,1-3H3. The Morgan fingerprint density at radius 1 is 1.42 bits per heavy atom. The van der Waals surface area contributed by atoms with Crippen LogP contribution in [0, 0.1) is 17.0 Å². The maximum Gasteiger partial charge on any atom is 0.300 e. The van der Waals surface area contributed by atoms with Gasteiger partial charge in [-0.3, -0.25) is 19.6 Å². The van der Waals surface area contributed by atoms with Crippen LogP contribution in [0.4, 0.5) is 5.69 Å². The number of amides is 1. The van der Waals surface area contributed by atoms with E-state index in [2.05, 4.69) is 10.1 Å². The first-order valence-electron chi connectivity index (χ1n) is 7.28. The van der Waals surface area contributed by atoms with Crippen molar-refractivity contribution >= 4 is 33.1 Å². The minimum Gasteiger partial charge on any atom is -0.316 e. The molecule has 124 valence electrons. The number of nitro groups is 1. The average molecular weight is 345 g/mol. The van der Waals surface area contributed by atoms with E-state index in [1.807, 2.05) is 13.8 Å². The number of aromatic nitrogens is 3. The zero-order valence-corrected chi connectivity index (χ0v) is 14.2. The molecule has 3 aromatic rings. The van der Waals surface area contributed by atoms with Gasteiger partial charge in [-0.05, 0) is 26.0 Å². The fourth-order valence-corrected chi connectivity index (χ4v) is 3.44. The van der Waals surface area contributed by atoms with E-state index in [-0.39, 0.29) is 11.4 Å². The summed E-state index contributed by atoms with van der Waals surface area (Å²) in [6.45, 7) is 4.31. The second-order valence-corrected chi connectivity index (χ2v) is 6.26. The third-order valence-corrected chi connectivity index (χ3v) is 4.78. The number of benzene rings is 1. The van der Waals surface area contributed by atoms with Gasteiger partial charge in [-0.1, -0.05) is 11.3 Å². The summed E-state index contributed by atoms with van der Waals surface area (Å²) in [7, 11) is 1.76. The van der Waals surface area contributed by atoms with Gasteiger partial charge >= 0.3 is 0 Å².